The van der Waals surface area contributed by atoms with Gasteiger partial charge in [0.05, 0.1) is 10.6 Å². The molecule has 0 bridgehead atoms. The molecule has 8 heteroatoms. The minimum atomic E-state index is -0.670. The van der Waals surface area contributed by atoms with Crippen molar-refractivity contribution in [3.05, 3.63) is 75.8 Å². The first-order chi connectivity index (χ1) is 13.1. The van der Waals surface area contributed by atoms with E-state index in [1.807, 2.05) is 36.4 Å². The number of carbonyl (C=O) groups is 1. The third-order valence-corrected chi connectivity index (χ3v) is 3.75. The molecule has 1 aliphatic rings. The van der Waals surface area contributed by atoms with Crippen molar-refractivity contribution in [3.63, 3.8) is 0 Å². The molecule has 0 atom stereocenters. The lowest BCUT2D eigenvalue weighted by atomic mass is 10.1. The smallest absolute Gasteiger partial charge is 0.289 e. The highest BCUT2D eigenvalue weighted by Crippen LogP contribution is 2.22. The molecule has 0 saturated heterocycles. The van der Waals surface area contributed by atoms with E-state index in [1.54, 1.807) is 12.1 Å². The SMILES string of the molecule is N#Cc1ccc(NC(=O)C2=NN=C(/C=C/c3ccccc3)C2)cc1[N+](=O)[O-]. The number of nitrogens with one attached hydrogen (secondary N) is 1. The minimum absolute atomic E-state index is 0.0760. The summed E-state index contributed by atoms with van der Waals surface area (Å²) in [6.45, 7) is 0. The molecule has 0 unspecified atom stereocenters. The number of anilines is 1. The first kappa shape index (κ1) is 17.7. The van der Waals surface area contributed by atoms with Gasteiger partial charge >= 0.3 is 0 Å². The molecule has 0 saturated carbocycles. The number of amides is 1. The Bertz CT molecular complexity index is 1030. The standard InChI is InChI=1S/C19H13N5O3/c20-12-14-7-9-15(11-18(14)24(26)27)21-19(25)17-10-16(22-23-17)8-6-13-4-2-1-3-5-13/h1-9,11H,10H2,(H,21,25)/b8-6+. The van der Waals surface area contributed by atoms with Gasteiger partial charge in [0.2, 0.25) is 0 Å². The lowest BCUT2D eigenvalue weighted by Crippen LogP contribution is -2.22. The maximum atomic E-state index is 12.3. The Morgan fingerprint density at radius 2 is 1.96 bits per heavy atom. The van der Waals surface area contributed by atoms with Crippen LogP contribution >= 0.6 is 0 Å². The lowest BCUT2D eigenvalue weighted by Gasteiger charge is -2.05. The van der Waals surface area contributed by atoms with Crippen LogP contribution in [-0.2, 0) is 4.79 Å². The fraction of sp³-hybridized carbons (Fsp3) is 0.0526. The Morgan fingerprint density at radius 3 is 2.67 bits per heavy atom. The second-order valence-corrected chi connectivity index (χ2v) is 5.61. The summed E-state index contributed by atoms with van der Waals surface area (Å²) >= 11 is 0. The molecule has 0 spiro atoms. The van der Waals surface area contributed by atoms with E-state index in [2.05, 4.69) is 15.5 Å². The molecule has 2 aromatic carbocycles. The van der Waals surface area contributed by atoms with Crippen LogP contribution in [0.15, 0.2) is 64.8 Å². The Hall–Kier alpha value is -4.12. The van der Waals surface area contributed by atoms with E-state index in [9.17, 15) is 14.9 Å². The second-order valence-electron chi connectivity index (χ2n) is 5.61. The summed E-state index contributed by atoms with van der Waals surface area (Å²) in [5.74, 6) is -0.499. The molecule has 0 aliphatic carbocycles. The molecule has 0 fully saturated rings. The number of hydrogen-bond acceptors (Lipinski definition) is 6. The van der Waals surface area contributed by atoms with Crippen LogP contribution in [-0.4, -0.2) is 22.3 Å². The highest BCUT2D eigenvalue weighted by atomic mass is 16.6. The average Bonchev–Trinajstić information content (AvgIpc) is 3.16. The van der Waals surface area contributed by atoms with Gasteiger partial charge in [0, 0.05) is 18.2 Å². The second kappa shape index (κ2) is 7.84. The molecule has 27 heavy (non-hydrogen) atoms. The third kappa shape index (κ3) is 4.29. The van der Waals surface area contributed by atoms with E-state index in [0.29, 0.717) is 5.71 Å². The number of carbonyl (C=O) groups excluding carboxylic acids is 1. The predicted octanol–water partition coefficient (Wildman–Crippen LogP) is 3.32. The summed E-state index contributed by atoms with van der Waals surface area (Å²) in [6, 6.07) is 15.2. The van der Waals surface area contributed by atoms with Gasteiger partial charge in [-0.3, -0.25) is 14.9 Å². The molecule has 3 rings (SSSR count). The molecule has 0 radical (unpaired) electrons. The van der Waals surface area contributed by atoms with Gasteiger partial charge < -0.3 is 5.32 Å². The Labute approximate surface area is 154 Å². The van der Waals surface area contributed by atoms with Crippen molar-refractivity contribution in [1.29, 1.82) is 5.26 Å². The van der Waals surface area contributed by atoms with Crippen LogP contribution in [0.4, 0.5) is 11.4 Å². The molecule has 2 aromatic rings. The zero-order chi connectivity index (χ0) is 19.2. The molecule has 1 amide bonds. The van der Waals surface area contributed by atoms with Gasteiger partial charge in [-0.05, 0) is 23.8 Å². The van der Waals surface area contributed by atoms with Gasteiger partial charge in [-0.25, -0.2) is 0 Å². The zero-order valence-corrected chi connectivity index (χ0v) is 14.0. The van der Waals surface area contributed by atoms with Gasteiger partial charge in [-0.15, -0.1) is 5.10 Å². The molecule has 1 heterocycles. The maximum absolute atomic E-state index is 12.3. The fourth-order valence-electron chi connectivity index (χ4n) is 2.40. The van der Waals surface area contributed by atoms with E-state index in [1.165, 1.54) is 12.1 Å². The number of allylic oxidation sites excluding steroid dienone is 1. The number of rotatable bonds is 5. The molecule has 132 valence electrons. The minimum Gasteiger partial charge on any atom is -0.321 e. The number of nitriles is 1. The van der Waals surface area contributed by atoms with E-state index < -0.39 is 10.8 Å². The van der Waals surface area contributed by atoms with E-state index >= 15 is 0 Å². The van der Waals surface area contributed by atoms with Crippen molar-refractivity contribution in [2.75, 3.05) is 5.32 Å². The number of nitrogens with zero attached hydrogens (tertiary/aromatic N) is 4. The van der Waals surface area contributed by atoms with Crippen molar-refractivity contribution in [1.82, 2.24) is 0 Å². The summed E-state index contributed by atoms with van der Waals surface area (Å²) in [6.07, 6.45) is 3.92. The van der Waals surface area contributed by atoms with E-state index in [0.717, 1.165) is 11.6 Å². The highest BCUT2D eigenvalue weighted by molar-refractivity contribution is 6.47. The van der Waals surface area contributed by atoms with Crippen molar-refractivity contribution < 1.29 is 9.72 Å². The van der Waals surface area contributed by atoms with Crippen LogP contribution < -0.4 is 5.32 Å². The average molecular weight is 359 g/mol. The summed E-state index contributed by atoms with van der Waals surface area (Å²) in [4.78, 5) is 22.6. The van der Waals surface area contributed by atoms with Crippen molar-refractivity contribution in [2.24, 2.45) is 10.2 Å². The van der Waals surface area contributed by atoms with Gasteiger partial charge in [-0.1, -0.05) is 36.4 Å². The van der Waals surface area contributed by atoms with Gasteiger partial charge in [0.25, 0.3) is 11.6 Å². The summed E-state index contributed by atoms with van der Waals surface area (Å²) < 4.78 is 0. The van der Waals surface area contributed by atoms with Gasteiger partial charge in [0.15, 0.2) is 0 Å². The lowest BCUT2D eigenvalue weighted by molar-refractivity contribution is -0.385. The molecule has 1 N–H and O–H groups in total. The molecular formula is C19H13N5O3. The maximum Gasteiger partial charge on any atom is 0.289 e. The Morgan fingerprint density at radius 1 is 1.19 bits per heavy atom. The summed E-state index contributed by atoms with van der Waals surface area (Å²) in [5.41, 5.74) is 1.61. The van der Waals surface area contributed by atoms with Crippen molar-refractivity contribution >= 4 is 34.8 Å². The Kier molecular flexibility index (Phi) is 5.14. The quantitative estimate of drug-likeness (QED) is 0.650. The van der Waals surface area contributed by atoms with Crippen LogP contribution in [0.5, 0.6) is 0 Å². The fourth-order valence-corrected chi connectivity index (χ4v) is 2.40. The topological polar surface area (TPSA) is 121 Å². The van der Waals surface area contributed by atoms with Gasteiger partial charge in [0.1, 0.15) is 17.3 Å². The number of hydrogen-bond donors (Lipinski definition) is 1. The largest absolute Gasteiger partial charge is 0.321 e. The molecule has 8 nitrogen and oxygen atoms in total. The number of nitro groups is 1. The van der Waals surface area contributed by atoms with Crippen molar-refractivity contribution in [2.45, 2.75) is 6.42 Å². The molecule has 0 aromatic heterocycles. The monoisotopic (exact) mass is 359 g/mol. The normalized spacial score (nSPS) is 13.0. The molecule has 1 aliphatic heterocycles. The third-order valence-electron chi connectivity index (χ3n) is 3.75. The van der Waals surface area contributed by atoms with E-state index in [4.69, 9.17) is 5.26 Å². The number of benzene rings is 2. The van der Waals surface area contributed by atoms with E-state index in [-0.39, 0.29) is 29.1 Å². The number of nitro benzene ring substituents is 1. The van der Waals surface area contributed by atoms with Crippen LogP contribution in [0.25, 0.3) is 6.08 Å². The first-order valence-corrected chi connectivity index (χ1v) is 7.93. The van der Waals surface area contributed by atoms with Crippen molar-refractivity contribution in [3.8, 4) is 6.07 Å². The summed E-state index contributed by atoms with van der Waals surface area (Å²) in [5, 5.41) is 30.3. The zero-order valence-electron chi connectivity index (χ0n) is 14.0. The van der Waals surface area contributed by atoms with Crippen LogP contribution in [0, 0.1) is 21.4 Å². The predicted molar refractivity (Wildman–Crippen MR) is 101 cm³/mol. The van der Waals surface area contributed by atoms with Crippen LogP contribution in [0.3, 0.4) is 0 Å². The molecular weight excluding hydrogens is 346 g/mol. The van der Waals surface area contributed by atoms with Gasteiger partial charge in [-0.2, -0.15) is 10.4 Å². The highest BCUT2D eigenvalue weighted by Gasteiger charge is 2.20. The van der Waals surface area contributed by atoms with Crippen LogP contribution in [0.1, 0.15) is 17.5 Å². The first-order valence-electron chi connectivity index (χ1n) is 7.93. The summed E-state index contributed by atoms with van der Waals surface area (Å²) in [7, 11) is 0. The van der Waals surface area contributed by atoms with Crippen LogP contribution in [0.2, 0.25) is 0 Å². The Balaban J connectivity index is 1.64.